The number of carbonyl (C=O) groups is 1. The molecular formula is C33H41N3O4S. The third-order valence-corrected chi connectivity index (χ3v) is 10.5. The first-order valence-electron chi connectivity index (χ1n) is 14.8. The van der Waals surface area contributed by atoms with Crippen LogP contribution in [0.25, 0.3) is 10.4 Å². The number of ether oxygens (including phenoxy) is 2. The van der Waals surface area contributed by atoms with E-state index >= 15 is 0 Å². The van der Waals surface area contributed by atoms with Gasteiger partial charge in [-0.15, -0.1) is 11.3 Å². The maximum Gasteiger partial charge on any atom is 0.254 e. The molecule has 0 unspecified atom stereocenters. The average Bonchev–Trinajstić information content (AvgIpc) is 3.51. The minimum Gasteiger partial charge on any atom is -0.448 e. The van der Waals surface area contributed by atoms with Gasteiger partial charge in [0.05, 0.1) is 12.1 Å². The Hall–Kier alpha value is -3.10. The fourth-order valence-corrected chi connectivity index (χ4v) is 8.05. The van der Waals surface area contributed by atoms with E-state index in [2.05, 4.69) is 50.0 Å². The lowest BCUT2D eigenvalue weighted by molar-refractivity contribution is -0.123. The van der Waals surface area contributed by atoms with E-state index in [1.54, 1.807) is 11.3 Å². The van der Waals surface area contributed by atoms with Gasteiger partial charge in [0, 0.05) is 57.6 Å². The van der Waals surface area contributed by atoms with Gasteiger partial charge in [-0.25, -0.2) is 0 Å². The molecule has 0 spiro atoms. The number of pyridine rings is 1. The van der Waals surface area contributed by atoms with E-state index < -0.39 is 5.79 Å². The predicted octanol–water partition coefficient (Wildman–Crippen LogP) is 6.14. The van der Waals surface area contributed by atoms with E-state index in [4.69, 9.17) is 9.47 Å². The minimum atomic E-state index is -0.773. The second-order valence-electron chi connectivity index (χ2n) is 12.5. The topological polar surface area (TPSA) is 74.9 Å². The highest BCUT2D eigenvalue weighted by Crippen LogP contribution is 2.56. The first-order chi connectivity index (χ1) is 19.5. The molecule has 1 N–H and O–H groups in total. The van der Waals surface area contributed by atoms with Gasteiger partial charge in [-0.2, -0.15) is 0 Å². The Morgan fingerprint density at radius 3 is 2.37 bits per heavy atom. The smallest absolute Gasteiger partial charge is 0.254 e. The second-order valence-corrected chi connectivity index (χ2v) is 13.8. The van der Waals surface area contributed by atoms with Crippen LogP contribution in [0.15, 0.2) is 23.0 Å². The Morgan fingerprint density at radius 1 is 1.02 bits per heavy atom. The van der Waals surface area contributed by atoms with Gasteiger partial charge in [0.1, 0.15) is 0 Å². The lowest BCUT2D eigenvalue weighted by Crippen LogP contribution is -2.46. The molecule has 0 saturated heterocycles. The molecule has 6 rings (SSSR count). The summed E-state index contributed by atoms with van der Waals surface area (Å²) in [7, 11) is 4.32. The van der Waals surface area contributed by atoms with Crippen molar-refractivity contribution in [1.29, 1.82) is 0 Å². The van der Waals surface area contributed by atoms with Crippen LogP contribution >= 0.6 is 11.3 Å². The maximum atomic E-state index is 14.2. The van der Waals surface area contributed by atoms with Crippen LogP contribution in [-0.4, -0.2) is 53.2 Å². The number of nitrogens with one attached hydrogen (secondary N) is 1. The summed E-state index contributed by atoms with van der Waals surface area (Å²) in [4.78, 5) is 36.3. The highest BCUT2D eigenvalue weighted by Gasteiger charge is 2.49. The molecule has 1 amide bonds. The Bertz CT molecular complexity index is 1580. The summed E-state index contributed by atoms with van der Waals surface area (Å²) in [5, 5.41) is 0. The highest BCUT2D eigenvalue weighted by molar-refractivity contribution is 7.15. The Labute approximate surface area is 246 Å². The van der Waals surface area contributed by atoms with Crippen molar-refractivity contribution >= 4 is 17.2 Å². The largest absolute Gasteiger partial charge is 0.448 e. The van der Waals surface area contributed by atoms with E-state index in [0.717, 1.165) is 64.3 Å². The highest BCUT2D eigenvalue weighted by atomic mass is 32.1. The van der Waals surface area contributed by atoms with E-state index in [9.17, 15) is 9.59 Å². The number of amides is 1. The quantitative estimate of drug-likeness (QED) is 0.395. The van der Waals surface area contributed by atoms with Crippen molar-refractivity contribution in [3.63, 3.8) is 0 Å². The van der Waals surface area contributed by atoms with Crippen molar-refractivity contribution in [2.45, 2.75) is 85.1 Å². The molecule has 0 radical (unpaired) electrons. The molecule has 2 aromatic heterocycles. The van der Waals surface area contributed by atoms with Crippen molar-refractivity contribution in [2.24, 2.45) is 5.92 Å². The molecule has 3 aliphatic rings. The molecule has 8 heteroatoms. The van der Waals surface area contributed by atoms with Crippen LogP contribution in [0.4, 0.5) is 0 Å². The molecule has 1 atom stereocenters. The third-order valence-electron chi connectivity index (χ3n) is 9.49. The number of H-pyrrole nitrogens is 1. The summed E-state index contributed by atoms with van der Waals surface area (Å²) in [5.74, 6) is 0.923. The molecule has 218 valence electrons. The number of thiophene rings is 1. The molecule has 1 fully saturated rings. The molecular weight excluding hydrogens is 534 g/mol. The molecule has 0 bridgehead atoms. The number of nitrogens with zero attached hydrogens (tertiary/aromatic N) is 2. The van der Waals surface area contributed by atoms with Crippen LogP contribution in [0.1, 0.15) is 75.8 Å². The lowest BCUT2D eigenvalue weighted by Gasteiger charge is -2.39. The molecule has 1 aliphatic carbocycles. The van der Waals surface area contributed by atoms with E-state index in [1.807, 2.05) is 31.7 Å². The van der Waals surface area contributed by atoms with Crippen LogP contribution in [-0.2, 0) is 13.0 Å². The first kappa shape index (κ1) is 28.0. The van der Waals surface area contributed by atoms with E-state index in [0.29, 0.717) is 35.9 Å². The minimum absolute atomic E-state index is 0.0517. The Morgan fingerprint density at radius 2 is 1.73 bits per heavy atom. The number of hydrogen-bond donors (Lipinski definition) is 1. The first-order valence-corrected chi connectivity index (χ1v) is 15.6. The Balaban J connectivity index is 1.40. The number of aromatic nitrogens is 1. The van der Waals surface area contributed by atoms with Gasteiger partial charge in [0.2, 0.25) is 0 Å². The third kappa shape index (κ3) is 4.79. The van der Waals surface area contributed by atoms with E-state index in [1.165, 1.54) is 4.88 Å². The zero-order valence-electron chi connectivity index (χ0n) is 25.3. The molecule has 7 nitrogen and oxygen atoms in total. The van der Waals surface area contributed by atoms with Crippen molar-refractivity contribution in [3.8, 4) is 21.9 Å². The molecule has 1 saturated carbocycles. The number of aryl methyl sites for hydroxylation is 3. The second kappa shape index (κ2) is 10.3. The van der Waals surface area contributed by atoms with Crippen LogP contribution in [0, 0.1) is 33.6 Å². The number of benzene rings is 1. The summed E-state index contributed by atoms with van der Waals surface area (Å²) < 4.78 is 13.7. The summed E-state index contributed by atoms with van der Waals surface area (Å²) in [6.45, 7) is 10.8. The SMILES string of the molecule is Cc1cc(C)c(CN2CCc3c(c(C)c4c(c3-c3ccc(C)s3)O[C@](C)([C@H]3CC[C@H](N(C)C)CC3)O4)C2=O)c(=O)[nH]1. The number of carbonyl (C=O) groups excluding carboxylic acids is 1. The monoisotopic (exact) mass is 575 g/mol. The van der Waals surface area contributed by atoms with Crippen molar-refractivity contribution in [2.75, 3.05) is 20.6 Å². The number of aromatic amines is 1. The van der Waals surface area contributed by atoms with Gasteiger partial charge < -0.3 is 24.3 Å². The number of rotatable bonds is 5. The van der Waals surface area contributed by atoms with E-state index in [-0.39, 0.29) is 23.9 Å². The van der Waals surface area contributed by atoms with Gasteiger partial charge in [-0.05, 0) is 103 Å². The van der Waals surface area contributed by atoms with Gasteiger partial charge in [-0.3, -0.25) is 9.59 Å². The van der Waals surface area contributed by atoms with Crippen molar-refractivity contribution in [1.82, 2.24) is 14.8 Å². The van der Waals surface area contributed by atoms with Crippen LogP contribution in [0.3, 0.4) is 0 Å². The van der Waals surface area contributed by atoms with Gasteiger partial charge in [-0.1, -0.05) is 0 Å². The van der Waals surface area contributed by atoms with Crippen molar-refractivity contribution in [3.05, 3.63) is 66.9 Å². The summed E-state index contributed by atoms with van der Waals surface area (Å²) >= 11 is 1.72. The molecule has 3 aromatic rings. The maximum absolute atomic E-state index is 14.2. The fourth-order valence-electron chi connectivity index (χ4n) is 7.11. The molecule has 1 aromatic carbocycles. The van der Waals surface area contributed by atoms with Gasteiger partial charge in [0.25, 0.3) is 17.3 Å². The number of hydrogen-bond acceptors (Lipinski definition) is 6. The van der Waals surface area contributed by atoms with Crippen LogP contribution in [0.5, 0.6) is 11.5 Å². The Kier molecular flexibility index (Phi) is 7.05. The van der Waals surface area contributed by atoms with Crippen molar-refractivity contribution < 1.29 is 14.3 Å². The normalized spacial score (nSPS) is 23.8. The van der Waals surface area contributed by atoms with Crippen LogP contribution in [0.2, 0.25) is 0 Å². The lowest BCUT2D eigenvalue weighted by atomic mass is 9.81. The summed E-state index contributed by atoms with van der Waals surface area (Å²) in [5.41, 5.74) is 5.80. The number of fused-ring (bicyclic) bond motifs is 2. The molecule has 2 aliphatic heterocycles. The molecule has 41 heavy (non-hydrogen) atoms. The summed E-state index contributed by atoms with van der Waals surface area (Å²) in [6, 6.07) is 6.82. The zero-order chi connectivity index (χ0) is 29.2. The average molecular weight is 576 g/mol. The fraction of sp³-hybridized carbons (Fsp3) is 0.515. The zero-order valence-corrected chi connectivity index (χ0v) is 26.1. The van der Waals surface area contributed by atoms with Crippen LogP contribution < -0.4 is 15.0 Å². The van der Waals surface area contributed by atoms with Gasteiger partial charge in [0.15, 0.2) is 11.5 Å². The summed E-state index contributed by atoms with van der Waals surface area (Å²) in [6.07, 6.45) is 5.01. The standard InChI is InChI=1S/C33H41N3O4S/c1-18-16-19(2)34-31(37)25(18)17-36-15-14-24-27(32(36)38)21(4)29-30(28(24)26-13-8-20(3)41-26)40-33(5,39-29)22-9-11-23(12-10-22)35(6)7/h8,13,16,22-23H,9-12,14-15,17H2,1-7H3,(H,34,37)/t22-,23-,33-/m1/s1. The molecule has 4 heterocycles. The van der Waals surface area contributed by atoms with Gasteiger partial charge >= 0.3 is 0 Å². The predicted molar refractivity (Wildman–Crippen MR) is 163 cm³/mol.